The molecule has 2 aromatic rings. The number of aliphatic hydroxyl groups excluding tert-OH is 1. The third kappa shape index (κ3) is 3.64. The molecule has 1 N–H and O–H groups in total. The Labute approximate surface area is 166 Å². The number of hydrogen-bond acceptors (Lipinski definition) is 4. The van der Waals surface area contributed by atoms with Gasteiger partial charge in [0.05, 0.1) is 12.7 Å². The number of likely N-dealkylation sites (tertiary alicyclic amines) is 1. The van der Waals surface area contributed by atoms with Crippen LogP contribution in [0.3, 0.4) is 0 Å². The number of benzene rings is 2. The van der Waals surface area contributed by atoms with Crippen LogP contribution in [0.1, 0.15) is 17.2 Å². The van der Waals surface area contributed by atoms with Gasteiger partial charge in [0, 0.05) is 37.3 Å². The van der Waals surface area contributed by atoms with E-state index in [4.69, 9.17) is 4.74 Å². The zero-order chi connectivity index (χ0) is 20.8. The van der Waals surface area contributed by atoms with E-state index in [9.17, 15) is 23.1 Å². The normalized spacial score (nSPS) is 18.8. The molecule has 0 aromatic heterocycles. The Morgan fingerprint density at radius 1 is 1.03 bits per heavy atom. The van der Waals surface area contributed by atoms with E-state index in [1.165, 1.54) is 0 Å². The van der Waals surface area contributed by atoms with Gasteiger partial charge >= 0.3 is 6.18 Å². The number of methoxy groups -OCH3 is 1. The maximum atomic E-state index is 12.6. The number of carbonyl (C=O) groups excluding carboxylic acids is 1. The Kier molecular flexibility index (Phi) is 4.69. The van der Waals surface area contributed by atoms with Crippen LogP contribution in [0.4, 0.5) is 18.9 Å². The third-order valence-electron chi connectivity index (χ3n) is 5.64. The molecule has 2 aliphatic heterocycles. The Bertz CT molecular complexity index is 883. The number of halogens is 3. The molecule has 2 aromatic carbocycles. The number of rotatable bonds is 4. The Morgan fingerprint density at radius 2 is 1.62 bits per heavy atom. The molecule has 5 nitrogen and oxygen atoms in total. The van der Waals surface area contributed by atoms with Crippen molar-refractivity contribution >= 4 is 11.6 Å². The highest BCUT2D eigenvalue weighted by molar-refractivity contribution is 5.83. The van der Waals surface area contributed by atoms with Gasteiger partial charge in [-0.3, -0.25) is 4.79 Å². The number of ether oxygens (including phenoxy) is 1. The van der Waals surface area contributed by atoms with Crippen LogP contribution in [-0.2, 0) is 11.0 Å². The highest BCUT2D eigenvalue weighted by Crippen LogP contribution is 2.43. The van der Waals surface area contributed by atoms with Crippen molar-refractivity contribution in [3.05, 3.63) is 59.7 Å². The maximum absolute atomic E-state index is 12.6. The topological polar surface area (TPSA) is 53.0 Å². The Hall–Kier alpha value is -2.74. The molecular formula is C21H21F3N2O3. The first-order valence-corrected chi connectivity index (χ1v) is 9.24. The lowest BCUT2D eigenvalue weighted by Crippen LogP contribution is -2.73. The van der Waals surface area contributed by atoms with Crippen LogP contribution in [0.2, 0.25) is 0 Å². The summed E-state index contributed by atoms with van der Waals surface area (Å²) in [6.07, 6.45) is -5.90. The number of anilines is 1. The summed E-state index contributed by atoms with van der Waals surface area (Å²) in [6.45, 7) is 2.71. The molecule has 2 aliphatic rings. The highest BCUT2D eigenvalue weighted by Gasteiger charge is 2.53. The summed E-state index contributed by atoms with van der Waals surface area (Å²) >= 11 is 0. The first-order valence-electron chi connectivity index (χ1n) is 9.24. The number of amides is 1. The van der Waals surface area contributed by atoms with Crippen molar-refractivity contribution in [2.45, 2.75) is 12.3 Å². The van der Waals surface area contributed by atoms with Crippen molar-refractivity contribution in [2.75, 3.05) is 38.2 Å². The Balaban J connectivity index is 1.31. The Morgan fingerprint density at radius 3 is 2.14 bits per heavy atom. The summed E-state index contributed by atoms with van der Waals surface area (Å²) in [4.78, 5) is 16.3. The van der Waals surface area contributed by atoms with E-state index in [0.29, 0.717) is 13.1 Å². The smallest absolute Gasteiger partial charge is 0.416 e. The largest absolute Gasteiger partial charge is 0.497 e. The van der Waals surface area contributed by atoms with Crippen LogP contribution < -0.4 is 9.64 Å². The second-order valence-corrected chi connectivity index (χ2v) is 7.77. The zero-order valence-corrected chi connectivity index (χ0v) is 15.8. The number of hydrogen-bond donors (Lipinski definition) is 1. The van der Waals surface area contributed by atoms with Crippen LogP contribution in [-0.4, -0.2) is 49.2 Å². The van der Waals surface area contributed by atoms with E-state index in [0.717, 1.165) is 48.8 Å². The number of aliphatic hydroxyl groups is 1. The predicted octanol–water partition coefficient (Wildman–Crippen LogP) is 3.10. The molecule has 154 valence electrons. The van der Waals surface area contributed by atoms with Gasteiger partial charge in [0.1, 0.15) is 5.75 Å². The van der Waals surface area contributed by atoms with E-state index in [1.807, 2.05) is 24.3 Å². The van der Waals surface area contributed by atoms with Crippen molar-refractivity contribution < 1.29 is 27.8 Å². The van der Waals surface area contributed by atoms with E-state index >= 15 is 0 Å². The van der Waals surface area contributed by atoms with E-state index in [1.54, 1.807) is 12.0 Å². The van der Waals surface area contributed by atoms with E-state index in [-0.39, 0.29) is 11.0 Å². The molecule has 2 saturated heterocycles. The lowest BCUT2D eigenvalue weighted by molar-refractivity contribution is -0.154. The molecule has 0 bridgehead atoms. The van der Waals surface area contributed by atoms with Crippen molar-refractivity contribution in [1.29, 1.82) is 0 Å². The molecule has 1 atom stereocenters. The molecule has 0 aliphatic carbocycles. The molecule has 1 unspecified atom stereocenters. The summed E-state index contributed by atoms with van der Waals surface area (Å²) in [7, 11) is 1.62. The zero-order valence-electron chi connectivity index (χ0n) is 15.8. The van der Waals surface area contributed by atoms with E-state index in [2.05, 4.69) is 4.90 Å². The summed E-state index contributed by atoms with van der Waals surface area (Å²) < 4.78 is 43.1. The monoisotopic (exact) mass is 406 g/mol. The average molecular weight is 406 g/mol. The summed E-state index contributed by atoms with van der Waals surface area (Å²) in [5, 5.41) is 10.3. The number of nitrogens with zero attached hydrogens (tertiary/aromatic N) is 2. The van der Waals surface area contributed by atoms with Gasteiger partial charge in [-0.2, -0.15) is 13.2 Å². The summed E-state index contributed by atoms with van der Waals surface area (Å²) in [6, 6.07) is 11.8. The average Bonchev–Trinajstić information content (AvgIpc) is 2.65. The van der Waals surface area contributed by atoms with Gasteiger partial charge in [-0.25, -0.2) is 0 Å². The van der Waals surface area contributed by atoms with Crippen molar-refractivity contribution in [1.82, 2.24) is 4.90 Å². The quantitative estimate of drug-likeness (QED) is 0.848. The van der Waals surface area contributed by atoms with Crippen molar-refractivity contribution in [3.63, 3.8) is 0 Å². The SMILES string of the molecule is COc1ccc(N2CC3(CN(C(=O)C(O)c4ccc(C(F)(F)F)cc4)C3)C2)cc1. The van der Waals surface area contributed by atoms with Gasteiger partial charge < -0.3 is 19.6 Å². The van der Waals surface area contributed by atoms with Gasteiger partial charge in [-0.1, -0.05) is 12.1 Å². The second-order valence-electron chi connectivity index (χ2n) is 7.77. The highest BCUT2D eigenvalue weighted by atomic mass is 19.4. The summed E-state index contributed by atoms with van der Waals surface area (Å²) in [5.41, 5.74) is 0.468. The number of alkyl halides is 3. The molecular weight excluding hydrogens is 385 g/mol. The molecule has 2 heterocycles. The molecule has 1 amide bonds. The van der Waals surface area contributed by atoms with Gasteiger partial charge in [0.25, 0.3) is 5.91 Å². The van der Waals surface area contributed by atoms with Crippen LogP contribution in [0.15, 0.2) is 48.5 Å². The molecule has 29 heavy (non-hydrogen) atoms. The molecule has 0 radical (unpaired) electrons. The molecule has 2 fully saturated rings. The molecule has 8 heteroatoms. The minimum absolute atomic E-state index is 0.0233. The van der Waals surface area contributed by atoms with Crippen LogP contribution >= 0.6 is 0 Å². The first-order chi connectivity index (χ1) is 13.7. The summed E-state index contributed by atoms with van der Waals surface area (Å²) in [5.74, 6) is 0.319. The van der Waals surface area contributed by atoms with Gasteiger partial charge in [-0.15, -0.1) is 0 Å². The number of carbonyl (C=O) groups is 1. The van der Waals surface area contributed by atoms with Crippen LogP contribution in [0.5, 0.6) is 5.75 Å². The van der Waals surface area contributed by atoms with Crippen LogP contribution in [0.25, 0.3) is 0 Å². The molecule has 4 rings (SSSR count). The van der Waals surface area contributed by atoms with Gasteiger partial charge in [-0.05, 0) is 42.0 Å². The van der Waals surface area contributed by atoms with Gasteiger partial charge in [0.15, 0.2) is 6.10 Å². The lowest BCUT2D eigenvalue weighted by atomic mass is 9.72. The van der Waals surface area contributed by atoms with Gasteiger partial charge in [0.2, 0.25) is 0 Å². The standard InChI is InChI=1S/C21H21F3N2O3/c1-29-17-8-6-16(7-9-17)25-10-20(11-25)12-26(13-20)19(28)18(27)14-2-4-15(5-3-14)21(22,23)24/h2-9,18,27H,10-13H2,1H3. The van der Waals surface area contributed by atoms with Crippen LogP contribution in [0, 0.1) is 5.41 Å². The third-order valence-corrected chi connectivity index (χ3v) is 5.64. The fourth-order valence-corrected chi connectivity index (χ4v) is 4.03. The van der Waals surface area contributed by atoms with Crippen molar-refractivity contribution in [3.8, 4) is 5.75 Å². The fourth-order valence-electron chi connectivity index (χ4n) is 4.03. The van der Waals surface area contributed by atoms with E-state index < -0.39 is 23.8 Å². The first kappa shape index (κ1) is 19.6. The fraction of sp³-hybridized carbons (Fsp3) is 0.381. The second kappa shape index (κ2) is 6.95. The minimum atomic E-state index is -4.45. The lowest BCUT2D eigenvalue weighted by Gasteiger charge is -2.61. The molecule has 1 spiro atoms. The molecule has 0 saturated carbocycles. The van der Waals surface area contributed by atoms with Crippen molar-refractivity contribution in [2.24, 2.45) is 5.41 Å². The maximum Gasteiger partial charge on any atom is 0.416 e. The predicted molar refractivity (Wildman–Crippen MR) is 101 cm³/mol. The minimum Gasteiger partial charge on any atom is -0.497 e.